The Kier molecular flexibility index (Phi) is 5.60. The zero-order valence-corrected chi connectivity index (χ0v) is 25.2. The van der Waals surface area contributed by atoms with Crippen LogP contribution in [0.1, 0.15) is 0 Å². The predicted octanol–water partition coefficient (Wildman–Crippen LogP) is 7.89. The first kappa shape index (κ1) is 26.2. The molecule has 228 valence electrons. The Hall–Kier alpha value is -7.01. The van der Waals surface area contributed by atoms with Gasteiger partial charge in [0.25, 0.3) is 0 Å². The maximum absolute atomic E-state index is 5.55. The van der Waals surface area contributed by atoms with E-state index in [0.29, 0.717) is 11.5 Å². The molecule has 5 N–H and O–H groups in total. The van der Waals surface area contributed by atoms with Crippen molar-refractivity contribution in [2.75, 3.05) is 0 Å². The lowest BCUT2D eigenvalue weighted by molar-refractivity contribution is 0.942. The fourth-order valence-electron chi connectivity index (χ4n) is 6.94. The quantitative estimate of drug-likeness (QED) is 0.128. The first-order chi connectivity index (χ1) is 23.8. The van der Waals surface area contributed by atoms with Crippen molar-refractivity contribution in [2.24, 2.45) is 0 Å². The minimum absolute atomic E-state index is 0.631. The Balaban J connectivity index is 1.49. The zero-order valence-electron chi connectivity index (χ0n) is 25.2. The number of imidazole rings is 2. The number of hydrogen-bond acceptors (Lipinski definition) is 5. The molecule has 11 nitrogen and oxygen atoms in total. The minimum Gasteiger partial charge on any atom is -0.361 e. The van der Waals surface area contributed by atoms with Crippen LogP contribution >= 0.6 is 0 Å². The van der Waals surface area contributed by atoms with E-state index in [2.05, 4.69) is 107 Å². The third-order valence-corrected chi connectivity index (χ3v) is 8.91. The van der Waals surface area contributed by atoms with Crippen LogP contribution in [0.2, 0.25) is 0 Å². The van der Waals surface area contributed by atoms with Crippen LogP contribution < -0.4 is 0 Å². The van der Waals surface area contributed by atoms with Gasteiger partial charge in [0.2, 0.25) is 0 Å². The lowest BCUT2D eigenvalue weighted by atomic mass is 9.88. The number of H-pyrrole nitrogens is 5. The molecule has 0 aliphatic carbocycles. The standard InChI is InChI=1S/C37H25N11/c1-3-10-23-21(7-1)9-5-13-29(23)48-35-32(25-12-6-15-38-25)30(26-14-16-41-45-26)33(36-39-17-18-40-36)31(28-20-42-47-46-28)34(35)44-37(48)27-19-22-8-2-4-11-24(22)43-27/h1-20,38,43H,(H,39,40)(H,41,45)(H,42,46,47). The van der Waals surface area contributed by atoms with E-state index >= 15 is 0 Å². The molecule has 10 rings (SSSR count). The van der Waals surface area contributed by atoms with Gasteiger partial charge in [-0.1, -0.05) is 59.8 Å². The van der Waals surface area contributed by atoms with Crippen molar-refractivity contribution in [2.45, 2.75) is 0 Å². The van der Waals surface area contributed by atoms with Gasteiger partial charge >= 0.3 is 0 Å². The maximum Gasteiger partial charge on any atom is 0.162 e. The smallest absolute Gasteiger partial charge is 0.162 e. The molecular formula is C37H25N11. The summed E-state index contributed by atoms with van der Waals surface area (Å²) >= 11 is 0. The van der Waals surface area contributed by atoms with Crippen molar-refractivity contribution in [1.29, 1.82) is 0 Å². The molecule has 0 aliphatic heterocycles. The van der Waals surface area contributed by atoms with Crippen molar-refractivity contribution in [3.8, 4) is 62.4 Å². The topological polar surface area (TPSA) is 148 Å². The van der Waals surface area contributed by atoms with E-state index in [-0.39, 0.29) is 0 Å². The van der Waals surface area contributed by atoms with Crippen LogP contribution in [0.3, 0.4) is 0 Å². The molecule has 0 saturated carbocycles. The highest BCUT2D eigenvalue weighted by atomic mass is 15.3. The second-order valence-corrected chi connectivity index (χ2v) is 11.6. The number of aromatic nitrogens is 11. The SMILES string of the molecule is c1c[nH]c(-c2c(-c3cc[nH]n3)c(-c3ncc[nH]3)c(-c3c[nH]nn3)c3nc(-c4cc5ccccc5[nH]4)n(-c4cccc5ccccc45)c23)c1. The molecule has 0 amide bonds. The summed E-state index contributed by atoms with van der Waals surface area (Å²) in [5.41, 5.74) is 10.2. The molecule has 0 unspecified atom stereocenters. The van der Waals surface area contributed by atoms with Crippen molar-refractivity contribution in [1.82, 2.24) is 55.1 Å². The van der Waals surface area contributed by atoms with Crippen LogP contribution in [0.25, 0.3) is 95.1 Å². The molecule has 0 radical (unpaired) electrons. The van der Waals surface area contributed by atoms with E-state index in [4.69, 9.17) is 15.1 Å². The second-order valence-electron chi connectivity index (χ2n) is 11.6. The number of rotatable bonds is 6. The lowest BCUT2D eigenvalue weighted by Gasteiger charge is -2.19. The van der Waals surface area contributed by atoms with E-state index in [0.717, 1.165) is 83.6 Å². The van der Waals surface area contributed by atoms with Gasteiger partial charge in [-0.15, -0.1) is 5.10 Å². The Morgan fingerprint density at radius 3 is 2.33 bits per heavy atom. The van der Waals surface area contributed by atoms with Gasteiger partial charge in [0.05, 0.1) is 28.8 Å². The molecule has 6 heterocycles. The summed E-state index contributed by atoms with van der Waals surface area (Å²) in [6, 6.07) is 31.3. The Morgan fingerprint density at radius 2 is 1.54 bits per heavy atom. The molecule has 0 saturated heterocycles. The number of aromatic amines is 5. The van der Waals surface area contributed by atoms with Crippen molar-refractivity contribution in [3.63, 3.8) is 0 Å². The van der Waals surface area contributed by atoms with Crippen LogP contribution in [-0.2, 0) is 0 Å². The number of benzene rings is 4. The van der Waals surface area contributed by atoms with Gasteiger partial charge < -0.3 is 15.0 Å². The van der Waals surface area contributed by atoms with Gasteiger partial charge in [-0.2, -0.15) is 5.10 Å². The fourth-order valence-corrected chi connectivity index (χ4v) is 6.94. The fraction of sp³-hybridized carbons (Fsp3) is 0. The molecule has 10 aromatic rings. The third-order valence-electron chi connectivity index (χ3n) is 8.91. The summed E-state index contributed by atoms with van der Waals surface area (Å²) in [6.45, 7) is 0. The highest BCUT2D eigenvalue weighted by Gasteiger charge is 2.32. The van der Waals surface area contributed by atoms with Crippen molar-refractivity contribution in [3.05, 3.63) is 122 Å². The van der Waals surface area contributed by atoms with Gasteiger partial charge in [-0.05, 0) is 41.8 Å². The zero-order chi connectivity index (χ0) is 31.6. The van der Waals surface area contributed by atoms with Crippen LogP contribution in [-0.4, -0.2) is 55.1 Å². The molecule has 0 aliphatic rings. The first-order valence-electron chi connectivity index (χ1n) is 15.5. The summed E-state index contributed by atoms with van der Waals surface area (Å²) in [7, 11) is 0. The average Bonchev–Trinajstić information content (AvgIpc) is 3.98. The summed E-state index contributed by atoms with van der Waals surface area (Å²) in [5.74, 6) is 1.41. The first-order valence-corrected chi connectivity index (χ1v) is 15.5. The molecule has 4 aromatic carbocycles. The highest BCUT2D eigenvalue weighted by molar-refractivity contribution is 6.16. The van der Waals surface area contributed by atoms with E-state index in [1.807, 2.05) is 42.9 Å². The molecular weight excluding hydrogens is 598 g/mol. The molecule has 0 spiro atoms. The monoisotopic (exact) mass is 623 g/mol. The predicted molar refractivity (Wildman–Crippen MR) is 186 cm³/mol. The van der Waals surface area contributed by atoms with Crippen LogP contribution in [0.5, 0.6) is 0 Å². The van der Waals surface area contributed by atoms with Gasteiger partial charge in [0.15, 0.2) is 5.82 Å². The summed E-state index contributed by atoms with van der Waals surface area (Å²) in [5, 5.41) is 22.7. The number of fused-ring (bicyclic) bond motifs is 3. The van der Waals surface area contributed by atoms with Crippen molar-refractivity contribution < 1.29 is 0 Å². The van der Waals surface area contributed by atoms with Gasteiger partial charge in [0.1, 0.15) is 17.0 Å². The van der Waals surface area contributed by atoms with Gasteiger partial charge in [0, 0.05) is 69.0 Å². The molecule has 0 bridgehead atoms. The molecule has 11 heteroatoms. The van der Waals surface area contributed by atoms with E-state index in [9.17, 15) is 0 Å². The maximum atomic E-state index is 5.55. The third kappa shape index (κ3) is 3.84. The lowest BCUT2D eigenvalue weighted by Crippen LogP contribution is -2.03. The van der Waals surface area contributed by atoms with Crippen LogP contribution in [0, 0.1) is 0 Å². The minimum atomic E-state index is 0.631. The van der Waals surface area contributed by atoms with Crippen LogP contribution in [0.15, 0.2) is 122 Å². The Bertz CT molecular complexity index is 2670. The number of hydrogen-bond donors (Lipinski definition) is 5. The molecule has 0 fully saturated rings. The van der Waals surface area contributed by atoms with Gasteiger partial charge in [-0.25, -0.2) is 9.97 Å². The number of nitrogens with zero attached hydrogens (tertiary/aromatic N) is 6. The molecule has 6 aromatic heterocycles. The molecule has 0 atom stereocenters. The van der Waals surface area contributed by atoms with Gasteiger partial charge in [-0.3, -0.25) is 14.8 Å². The Morgan fingerprint density at radius 1 is 0.646 bits per heavy atom. The summed E-state index contributed by atoms with van der Waals surface area (Å²) in [6.07, 6.45) is 9.13. The van der Waals surface area contributed by atoms with Crippen LogP contribution in [0.4, 0.5) is 0 Å². The molecule has 48 heavy (non-hydrogen) atoms. The van der Waals surface area contributed by atoms with Crippen molar-refractivity contribution >= 4 is 32.7 Å². The summed E-state index contributed by atoms with van der Waals surface area (Å²) in [4.78, 5) is 20.9. The number of para-hydroxylation sites is 1. The average molecular weight is 624 g/mol. The van der Waals surface area contributed by atoms with E-state index in [1.54, 1.807) is 12.4 Å². The van der Waals surface area contributed by atoms with E-state index < -0.39 is 0 Å². The number of nitrogens with one attached hydrogen (secondary N) is 5. The second kappa shape index (κ2) is 10.3. The highest BCUT2D eigenvalue weighted by Crippen LogP contribution is 2.50. The normalized spacial score (nSPS) is 11.8. The van der Waals surface area contributed by atoms with E-state index in [1.165, 1.54) is 0 Å². The Labute approximate surface area is 271 Å². The summed E-state index contributed by atoms with van der Waals surface area (Å²) < 4.78 is 2.27. The largest absolute Gasteiger partial charge is 0.361 e.